The first-order chi connectivity index (χ1) is 9.38. The summed E-state index contributed by atoms with van der Waals surface area (Å²) in [5.74, 6) is 0. The average Bonchev–Trinajstić information content (AvgIpc) is 2.39. The Hall–Kier alpha value is -1.40. The minimum Gasteiger partial charge on any atom is -0.324 e. The minimum absolute atomic E-state index is 0.0160. The zero-order valence-corrected chi connectivity index (χ0v) is 11.9. The Kier molecular flexibility index (Phi) is 4.45. The zero-order valence-electron chi connectivity index (χ0n) is 10.4. The third-order valence-electron chi connectivity index (χ3n) is 2.90. The van der Waals surface area contributed by atoms with Crippen molar-refractivity contribution in [3.63, 3.8) is 0 Å². The highest BCUT2D eigenvalue weighted by atomic mass is 79.9. The summed E-state index contributed by atoms with van der Waals surface area (Å²) in [6, 6.07) is 7.17. The number of aromatic nitrogens is 1. The van der Waals surface area contributed by atoms with E-state index < -0.39 is 17.8 Å². The minimum atomic E-state index is -4.40. The van der Waals surface area contributed by atoms with Gasteiger partial charge in [-0.2, -0.15) is 13.2 Å². The van der Waals surface area contributed by atoms with Crippen molar-refractivity contribution in [3.8, 4) is 0 Å². The Labute approximate surface area is 123 Å². The lowest BCUT2D eigenvalue weighted by atomic mass is 9.99. The van der Waals surface area contributed by atoms with Crippen LogP contribution in [-0.2, 0) is 12.6 Å². The number of halogens is 4. The summed E-state index contributed by atoms with van der Waals surface area (Å²) >= 11 is 2.91. The third kappa shape index (κ3) is 3.58. The van der Waals surface area contributed by atoms with Crippen LogP contribution in [0, 0.1) is 0 Å². The van der Waals surface area contributed by atoms with E-state index in [9.17, 15) is 13.2 Å². The molecule has 20 heavy (non-hydrogen) atoms. The number of rotatable bonds is 3. The van der Waals surface area contributed by atoms with Crippen molar-refractivity contribution in [2.45, 2.75) is 18.6 Å². The second-order valence-electron chi connectivity index (χ2n) is 4.41. The van der Waals surface area contributed by atoms with Gasteiger partial charge in [0.15, 0.2) is 0 Å². The topological polar surface area (TPSA) is 38.9 Å². The van der Waals surface area contributed by atoms with Gasteiger partial charge in [0, 0.05) is 22.9 Å². The van der Waals surface area contributed by atoms with Crippen LogP contribution in [0.2, 0.25) is 0 Å². The van der Waals surface area contributed by atoms with E-state index in [1.165, 1.54) is 6.07 Å². The maximum Gasteiger partial charge on any atom is 0.417 e. The molecule has 0 spiro atoms. The van der Waals surface area contributed by atoms with Crippen LogP contribution in [0.25, 0.3) is 0 Å². The lowest BCUT2D eigenvalue weighted by Crippen LogP contribution is -2.15. The summed E-state index contributed by atoms with van der Waals surface area (Å²) in [4.78, 5) is 3.96. The Morgan fingerprint density at radius 1 is 1.25 bits per heavy atom. The molecular weight excluding hydrogens is 333 g/mol. The molecule has 1 atom stereocenters. The van der Waals surface area contributed by atoms with E-state index >= 15 is 0 Å². The molecule has 0 aliphatic rings. The van der Waals surface area contributed by atoms with Crippen LogP contribution in [0.5, 0.6) is 0 Å². The number of pyridine rings is 1. The molecule has 2 rings (SSSR count). The second kappa shape index (κ2) is 5.93. The highest BCUT2D eigenvalue weighted by Crippen LogP contribution is 2.36. The molecule has 1 unspecified atom stereocenters. The normalized spacial score (nSPS) is 13.2. The smallest absolute Gasteiger partial charge is 0.324 e. The SMILES string of the molecule is NC(Cc1cccnc1)c1ccc(Br)c(C(F)(F)F)c1. The molecule has 0 aliphatic heterocycles. The highest BCUT2D eigenvalue weighted by molar-refractivity contribution is 9.10. The van der Waals surface area contributed by atoms with Crippen LogP contribution < -0.4 is 5.73 Å². The molecule has 0 fully saturated rings. The number of nitrogens with two attached hydrogens (primary N) is 1. The number of hydrogen-bond donors (Lipinski definition) is 1. The van der Waals surface area contributed by atoms with E-state index in [0.717, 1.165) is 11.6 Å². The maximum atomic E-state index is 12.8. The van der Waals surface area contributed by atoms with Gasteiger partial charge in [0.05, 0.1) is 5.56 Å². The monoisotopic (exact) mass is 344 g/mol. The van der Waals surface area contributed by atoms with Gasteiger partial charge in [0.1, 0.15) is 0 Å². The fraction of sp³-hybridized carbons (Fsp3) is 0.214. The predicted octanol–water partition coefficient (Wildman–Crippen LogP) is 4.11. The van der Waals surface area contributed by atoms with E-state index in [0.29, 0.717) is 12.0 Å². The predicted molar refractivity (Wildman–Crippen MR) is 74.0 cm³/mol. The lowest BCUT2D eigenvalue weighted by molar-refractivity contribution is -0.138. The van der Waals surface area contributed by atoms with Crippen LogP contribution in [0.3, 0.4) is 0 Å². The van der Waals surface area contributed by atoms with E-state index in [2.05, 4.69) is 20.9 Å². The van der Waals surface area contributed by atoms with Crippen LogP contribution in [0.1, 0.15) is 22.7 Å². The molecule has 2 aromatic rings. The van der Waals surface area contributed by atoms with Gasteiger partial charge in [-0.3, -0.25) is 4.98 Å². The zero-order chi connectivity index (χ0) is 14.8. The van der Waals surface area contributed by atoms with Gasteiger partial charge < -0.3 is 5.73 Å². The molecule has 0 saturated carbocycles. The fourth-order valence-electron chi connectivity index (χ4n) is 1.88. The number of hydrogen-bond acceptors (Lipinski definition) is 2. The molecule has 0 bridgehead atoms. The van der Waals surface area contributed by atoms with Gasteiger partial charge in [-0.05, 0) is 35.7 Å². The van der Waals surface area contributed by atoms with Crippen LogP contribution >= 0.6 is 15.9 Å². The first-order valence-electron chi connectivity index (χ1n) is 5.89. The summed E-state index contributed by atoms with van der Waals surface area (Å²) in [6.45, 7) is 0. The van der Waals surface area contributed by atoms with Gasteiger partial charge in [-0.25, -0.2) is 0 Å². The summed E-state index contributed by atoms with van der Waals surface area (Å²) in [5, 5.41) is 0. The van der Waals surface area contributed by atoms with E-state index in [-0.39, 0.29) is 4.47 Å². The largest absolute Gasteiger partial charge is 0.417 e. The fourth-order valence-corrected chi connectivity index (χ4v) is 2.35. The molecule has 1 heterocycles. The van der Waals surface area contributed by atoms with Gasteiger partial charge in [-0.15, -0.1) is 0 Å². The summed E-state index contributed by atoms with van der Waals surface area (Å²) < 4.78 is 38.5. The van der Waals surface area contributed by atoms with Crippen molar-refractivity contribution < 1.29 is 13.2 Å². The van der Waals surface area contributed by atoms with Crippen LogP contribution in [0.4, 0.5) is 13.2 Å². The van der Waals surface area contributed by atoms with Gasteiger partial charge in [0.25, 0.3) is 0 Å². The van der Waals surface area contributed by atoms with Crippen molar-refractivity contribution in [1.82, 2.24) is 4.98 Å². The molecular formula is C14H12BrF3N2. The Morgan fingerprint density at radius 3 is 2.60 bits per heavy atom. The Bertz CT molecular complexity index is 585. The molecule has 0 saturated heterocycles. The first-order valence-corrected chi connectivity index (χ1v) is 6.68. The van der Waals surface area contributed by atoms with Gasteiger partial charge >= 0.3 is 6.18 Å². The van der Waals surface area contributed by atoms with Crippen molar-refractivity contribution >= 4 is 15.9 Å². The Balaban J connectivity index is 2.25. The molecule has 0 radical (unpaired) electrons. The molecule has 1 aromatic heterocycles. The summed E-state index contributed by atoms with van der Waals surface area (Å²) in [7, 11) is 0. The number of nitrogens with zero attached hydrogens (tertiary/aromatic N) is 1. The van der Waals surface area contributed by atoms with Crippen molar-refractivity contribution in [3.05, 3.63) is 63.9 Å². The van der Waals surface area contributed by atoms with Crippen molar-refractivity contribution in [2.75, 3.05) is 0 Å². The standard InChI is InChI=1S/C14H12BrF3N2/c15-12-4-3-10(7-11(12)14(16,17)18)13(19)6-9-2-1-5-20-8-9/h1-5,7-8,13H,6,19H2. The van der Waals surface area contributed by atoms with Crippen molar-refractivity contribution in [1.29, 1.82) is 0 Å². The maximum absolute atomic E-state index is 12.8. The Morgan fingerprint density at radius 2 is 2.00 bits per heavy atom. The molecule has 6 heteroatoms. The van der Waals surface area contributed by atoms with Gasteiger partial charge in [-0.1, -0.05) is 28.1 Å². The van der Waals surface area contributed by atoms with E-state index in [4.69, 9.17) is 5.73 Å². The molecule has 2 N–H and O–H groups in total. The summed E-state index contributed by atoms with van der Waals surface area (Å²) in [5.41, 5.74) is 6.60. The van der Waals surface area contributed by atoms with Gasteiger partial charge in [0.2, 0.25) is 0 Å². The van der Waals surface area contributed by atoms with Crippen LogP contribution in [0.15, 0.2) is 47.2 Å². The number of benzene rings is 1. The lowest BCUT2D eigenvalue weighted by Gasteiger charge is -2.15. The van der Waals surface area contributed by atoms with Crippen LogP contribution in [-0.4, -0.2) is 4.98 Å². The number of alkyl halides is 3. The van der Waals surface area contributed by atoms with Crippen molar-refractivity contribution in [2.24, 2.45) is 5.73 Å². The molecule has 106 valence electrons. The molecule has 0 amide bonds. The molecule has 0 aliphatic carbocycles. The highest BCUT2D eigenvalue weighted by Gasteiger charge is 2.33. The average molecular weight is 345 g/mol. The molecule has 2 nitrogen and oxygen atoms in total. The quantitative estimate of drug-likeness (QED) is 0.910. The summed E-state index contributed by atoms with van der Waals surface area (Å²) in [6.07, 6.45) is -0.671. The molecule has 1 aromatic carbocycles. The van der Waals surface area contributed by atoms with E-state index in [1.807, 2.05) is 6.07 Å². The third-order valence-corrected chi connectivity index (χ3v) is 3.59. The second-order valence-corrected chi connectivity index (χ2v) is 5.26. The first kappa shape index (κ1) is 15.0. The van der Waals surface area contributed by atoms with E-state index in [1.54, 1.807) is 24.5 Å².